The van der Waals surface area contributed by atoms with Crippen molar-refractivity contribution in [2.24, 2.45) is 0 Å². The van der Waals surface area contributed by atoms with Crippen LogP contribution in [0, 0.1) is 12.7 Å². The van der Waals surface area contributed by atoms with Gasteiger partial charge in [-0.25, -0.2) is 9.37 Å². The summed E-state index contributed by atoms with van der Waals surface area (Å²) in [4.78, 5) is 5.12. The van der Waals surface area contributed by atoms with Crippen molar-refractivity contribution >= 4 is 22.9 Å². The maximum atomic E-state index is 13.0. The quantitative estimate of drug-likeness (QED) is 0.894. The van der Waals surface area contributed by atoms with E-state index in [4.69, 9.17) is 16.7 Å². The maximum Gasteiger partial charge on any atom is 0.141 e. The first-order chi connectivity index (χ1) is 7.61. The van der Waals surface area contributed by atoms with Gasteiger partial charge < -0.3 is 5.11 Å². The average molecular weight is 258 g/mol. The van der Waals surface area contributed by atoms with Crippen LogP contribution in [0.1, 0.15) is 10.6 Å². The lowest BCUT2D eigenvalue weighted by atomic mass is 10.2. The molecule has 0 amide bonds. The zero-order valence-electron chi connectivity index (χ0n) is 8.50. The van der Waals surface area contributed by atoms with Gasteiger partial charge in [0.25, 0.3) is 0 Å². The van der Waals surface area contributed by atoms with E-state index in [-0.39, 0.29) is 11.6 Å². The molecule has 0 unspecified atom stereocenters. The van der Waals surface area contributed by atoms with Crippen LogP contribution in [-0.2, 0) is 6.61 Å². The SMILES string of the molecule is Cc1nc(-c2ccc(F)c(Cl)c2)sc1CO. The lowest BCUT2D eigenvalue weighted by molar-refractivity contribution is 0.284. The molecule has 16 heavy (non-hydrogen) atoms. The number of hydrogen-bond acceptors (Lipinski definition) is 3. The summed E-state index contributed by atoms with van der Waals surface area (Å²) in [5.41, 5.74) is 1.56. The third-order valence-electron chi connectivity index (χ3n) is 2.20. The molecule has 84 valence electrons. The number of aliphatic hydroxyl groups is 1. The monoisotopic (exact) mass is 257 g/mol. The van der Waals surface area contributed by atoms with Crippen LogP contribution in [0.4, 0.5) is 4.39 Å². The fourth-order valence-electron chi connectivity index (χ4n) is 1.33. The van der Waals surface area contributed by atoms with E-state index in [9.17, 15) is 4.39 Å². The van der Waals surface area contributed by atoms with Gasteiger partial charge in [0.2, 0.25) is 0 Å². The molecule has 0 bridgehead atoms. The number of halogens is 2. The molecular formula is C11H9ClFNOS. The van der Waals surface area contributed by atoms with Crippen molar-refractivity contribution in [1.29, 1.82) is 0 Å². The van der Waals surface area contributed by atoms with Crippen molar-refractivity contribution in [2.75, 3.05) is 0 Å². The Morgan fingerprint density at radius 2 is 2.25 bits per heavy atom. The summed E-state index contributed by atoms with van der Waals surface area (Å²) >= 11 is 7.08. The first-order valence-electron chi connectivity index (χ1n) is 4.64. The van der Waals surface area contributed by atoms with Crippen molar-refractivity contribution in [1.82, 2.24) is 4.98 Å². The summed E-state index contributed by atoms with van der Waals surface area (Å²) < 4.78 is 13.0. The molecule has 0 aliphatic heterocycles. The van der Waals surface area contributed by atoms with E-state index in [0.717, 1.165) is 21.1 Å². The number of nitrogens with zero attached hydrogens (tertiary/aromatic N) is 1. The Kier molecular flexibility index (Phi) is 3.23. The second kappa shape index (κ2) is 4.49. The summed E-state index contributed by atoms with van der Waals surface area (Å²) in [5.74, 6) is -0.443. The number of aromatic nitrogens is 1. The summed E-state index contributed by atoms with van der Waals surface area (Å²) in [7, 11) is 0. The minimum Gasteiger partial charge on any atom is -0.391 e. The molecule has 0 atom stereocenters. The smallest absolute Gasteiger partial charge is 0.141 e. The van der Waals surface area contributed by atoms with Gasteiger partial charge in [0.1, 0.15) is 10.8 Å². The molecule has 0 aliphatic rings. The molecule has 1 aromatic carbocycles. The summed E-state index contributed by atoms with van der Waals surface area (Å²) in [6.45, 7) is 1.80. The first kappa shape index (κ1) is 11.5. The molecule has 5 heteroatoms. The molecule has 0 saturated heterocycles. The van der Waals surface area contributed by atoms with Crippen molar-refractivity contribution in [2.45, 2.75) is 13.5 Å². The molecule has 1 heterocycles. The second-order valence-corrected chi connectivity index (χ2v) is 4.81. The van der Waals surface area contributed by atoms with Crippen LogP contribution in [0.15, 0.2) is 18.2 Å². The third-order valence-corrected chi connectivity index (χ3v) is 3.68. The fraction of sp³-hybridized carbons (Fsp3) is 0.182. The molecule has 0 aliphatic carbocycles. The maximum absolute atomic E-state index is 13.0. The van der Waals surface area contributed by atoms with E-state index in [1.807, 2.05) is 6.92 Å². The molecule has 2 rings (SSSR count). The predicted molar refractivity (Wildman–Crippen MR) is 63.2 cm³/mol. The molecule has 1 aromatic heterocycles. The van der Waals surface area contributed by atoms with Crippen LogP contribution in [0.25, 0.3) is 10.6 Å². The Hall–Kier alpha value is -0.970. The Bertz CT molecular complexity index is 527. The van der Waals surface area contributed by atoms with Crippen molar-refractivity contribution in [3.63, 3.8) is 0 Å². The van der Waals surface area contributed by atoms with Gasteiger partial charge in [-0.3, -0.25) is 0 Å². The fourth-order valence-corrected chi connectivity index (χ4v) is 2.43. The standard InChI is InChI=1S/C11H9ClFNOS/c1-6-10(5-15)16-11(14-6)7-2-3-9(13)8(12)4-7/h2-4,15H,5H2,1H3. The highest BCUT2D eigenvalue weighted by atomic mass is 35.5. The number of aliphatic hydroxyl groups excluding tert-OH is 1. The molecule has 0 fully saturated rings. The molecule has 0 spiro atoms. The van der Waals surface area contributed by atoms with Crippen LogP contribution in [-0.4, -0.2) is 10.1 Å². The molecule has 1 N–H and O–H groups in total. The lowest BCUT2D eigenvalue weighted by Gasteiger charge is -1.97. The Labute approximate surface area is 101 Å². The van der Waals surface area contributed by atoms with Gasteiger partial charge in [-0.2, -0.15) is 0 Å². The van der Waals surface area contributed by atoms with Crippen LogP contribution in [0.2, 0.25) is 5.02 Å². The molecule has 2 aromatic rings. The normalized spacial score (nSPS) is 10.8. The third kappa shape index (κ3) is 2.09. The summed E-state index contributed by atoms with van der Waals surface area (Å²) in [6, 6.07) is 4.48. The van der Waals surface area contributed by atoms with Gasteiger partial charge in [0.05, 0.1) is 22.2 Å². The number of hydrogen-bond donors (Lipinski definition) is 1. The Morgan fingerprint density at radius 3 is 2.81 bits per heavy atom. The minimum atomic E-state index is -0.443. The van der Waals surface area contributed by atoms with E-state index in [2.05, 4.69) is 4.98 Å². The van der Waals surface area contributed by atoms with Gasteiger partial charge in [-0.15, -0.1) is 11.3 Å². The van der Waals surface area contributed by atoms with Gasteiger partial charge >= 0.3 is 0 Å². The van der Waals surface area contributed by atoms with E-state index < -0.39 is 5.82 Å². The van der Waals surface area contributed by atoms with E-state index in [1.165, 1.54) is 23.5 Å². The van der Waals surface area contributed by atoms with Gasteiger partial charge in [0.15, 0.2) is 0 Å². The highest BCUT2D eigenvalue weighted by Gasteiger charge is 2.10. The molecule has 0 saturated carbocycles. The van der Waals surface area contributed by atoms with E-state index in [0.29, 0.717) is 0 Å². The highest BCUT2D eigenvalue weighted by molar-refractivity contribution is 7.15. The Morgan fingerprint density at radius 1 is 1.50 bits per heavy atom. The van der Waals surface area contributed by atoms with Crippen LogP contribution < -0.4 is 0 Å². The number of aryl methyl sites for hydroxylation is 1. The molecular weight excluding hydrogens is 249 g/mol. The highest BCUT2D eigenvalue weighted by Crippen LogP contribution is 2.30. The van der Waals surface area contributed by atoms with Gasteiger partial charge in [-0.05, 0) is 25.1 Å². The zero-order valence-corrected chi connectivity index (χ0v) is 10.1. The number of rotatable bonds is 2. The summed E-state index contributed by atoms with van der Waals surface area (Å²) in [6.07, 6.45) is 0. The van der Waals surface area contributed by atoms with Gasteiger partial charge in [0, 0.05) is 5.56 Å². The number of benzene rings is 1. The largest absolute Gasteiger partial charge is 0.391 e. The number of thiazole rings is 1. The van der Waals surface area contributed by atoms with Crippen molar-refractivity contribution in [3.05, 3.63) is 39.6 Å². The predicted octanol–water partition coefficient (Wildman–Crippen LogP) is 3.40. The summed E-state index contributed by atoms with van der Waals surface area (Å²) in [5, 5.41) is 9.88. The van der Waals surface area contributed by atoms with E-state index >= 15 is 0 Å². The van der Waals surface area contributed by atoms with Crippen LogP contribution in [0.5, 0.6) is 0 Å². The minimum absolute atomic E-state index is 0.0293. The lowest BCUT2D eigenvalue weighted by Crippen LogP contribution is -1.81. The average Bonchev–Trinajstić information content (AvgIpc) is 2.64. The van der Waals surface area contributed by atoms with Crippen LogP contribution in [0.3, 0.4) is 0 Å². The molecule has 0 radical (unpaired) electrons. The van der Waals surface area contributed by atoms with Crippen molar-refractivity contribution < 1.29 is 9.50 Å². The van der Waals surface area contributed by atoms with Crippen LogP contribution >= 0.6 is 22.9 Å². The second-order valence-electron chi connectivity index (χ2n) is 3.31. The Balaban J connectivity index is 2.46. The van der Waals surface area contributed by atoms with Crippen molar-refractivity contribution in [3.8, 4) is 10.6 Å². The zero-order chi connectivity index (χ0) is 11.7. The topological polar surface area (TPSA) is 33.1 Å². The molecule has 2 nitrogen and oxygen atoms in total. The first-order valence-corrected chi connectivity index (χ1v) is 5.84. The van der Waals surface area contributed by atoms with E-state index in [1.54, 1.807) is 6.07 Å². The van der Waals surface area contributed by atoms with Gasteiger partial charge in [-0.1, -0.05) is 11.6 Å².